The Bertz CT molecular complexity index is 1340. The highest BCUT2D eigenvalue weighted by Gasteiger charge is 2.08. The Balaban J connectivity index is 1.41. The van der Waals surface area contributed by atoms with Crippen LogP contribution < -0.4 is 10.2 Å². The van der Waals surface area contributed by atoms with E-state index < -0.39 is 0 Å². The number of rotatable bonds is 6. The van der Waals surface area contributed by atoms with Crippen molar-refractivity contribution in [1.29, 1.82) is 0 Å². The molecule has 166 valence electrons. The fourth-order valence-electron chi connectivity index (χ4n) is 3.63. The minimum Gasteiger partial charge on any atom is -0.488 e. The van der Waals surface area contributed by atoms with E-state index in [2.05, 4.69) is 10.5 Å². The molecule has 33 heavy (non-hydrogen) atoms. The van der Waals surface area contributed by atoms with Crippen molar-refractivity contribution < 1.29 is 9.53 Å². The van der Waals surface area contributed by atoms with Gasteiger partial charge >= 0.3 is 0 Å². The Morgan fingerprint density at radius 1 is 0.909 bits per heavy atom. The number of nitrogens with one attached hydrogen (secondary N) is 1. The van der Waals surface area contributed by atoms with Gasteiger partial charge < -0.3 is 4.74 Å². The molecule has 4 aromatic rings. The number of carbonyl (C=O) groups is 1. The Morgan fingerprint density at radius 3 is 2.36 bits per heavy atom. The zero-order valence-corrected chi connectivity index (χ0v) is 19.7. The zero-order chi connectivity index (χ0) is 23.4. The van der Waals surface area contributed by atoms with E-state index in [0.717, 1.165) is 38.8 Å². The molecule has 0 aliphatic carbocycles. The second kappa shape index (κ2) is 10.1. The van der Waals surface area contributed by atoms with Gasteiger partial charge in [0.2, 0.25) is 0 Å². The summed E-state index contributed by atoms with van der Waals surface area (Å²) in [5.74, 6) is 0.547. The summed E-state index contributed by atoms with van der Waals surface area (Å²) in [5, 5.41) is 7.25. The maximum absolute atomic E-state index is 12.5. The molecule has 0 aliphatic heterocycles. The van der Waals surface area contributed by atoms with Crippen molar-refractivity contribution in [3.8, 4) is 5.75 Å². The Hall–Kier alpha value is -3.34. The molecule has 0 saturated heterocycles. The maximum atomic E-state index is 12.5. The first kappa shape index (κ1) is 22.8. The quantitative estimate of drug-likeness (QED) is 0.238. The van der Waals surface area contributed by atoms with Gasteiger partial charge in [-0.05, 0) is 83.3 Å². The minimum atomic E-state index is -0.257. The third-order valence-corrected chi connectivity index (χ3v) is 5.98. The fourth-order valence-corrected chi connectivity index (χ4v) is 3.95. The summed E-state index contributed by atoms with van der Waals surface area (Å²) in [6.07, 6.45) is 1.63. The lowest BCUT2D eigenvalue weighted by Crippen LogP contribution is -2.17. The van der Waals surface area contributed by atoms with Crippen LogP contribution >= 0.6 is 23.2 Å². The minimum absolute atomic E-state index is 0.257. The van der Waals surface area contributed by atoms with Crippen LogP contribution in [0.4, 0.5) is 0 Å². The standard InChI is InChI=1S/C27H22Cl2N2O2/c1-17-11-20(12-18(2)26(17)33-16-19-7-10-24(28)25(29)13-19)15-30-31-27(32)23-9-8-21-5-3-4-6-22(21)14-23/h3-15H,16H2,1-2H3,(H,31,32)/b30-15-. The van der Waals surface area contributed by atoms with E-state index in [-0.39, 0.29) is 5.91 Å². The molecule has 0 fully saturated rings. The van der Waals surface area contributed by atoms with Crippen LogP contribution in [0.25, 0.3) is 10.8 Å². The molecular formula is C27H22Cl2N2O2. The summed E-state index contributed by atoms with van der Waals surface area (Å²) in [6, 6.07) is 22.9. The normalized spacial score (nSPS) is 11.2. The van der Waals surface area contributed by atoms with E-state index in [1.54, 1.807) is 24.4 Å². The number of halogens is 2. The van der Waals surface area contributed by atoms with Gasteiger partial charge in [0, 0.05) is 5.56 Å². The molecule has 0 bridgehead atoms. The molecule has 1 amide bonds. The van der Waals surface area contributed by atoms with Crippen LogP contribution in [0.2, 0.25) is 10.0 Å². The average Bonchev–Trinajstić information content (AvgIpc) is 2.80. The van der Waals surface area contributed by atoms with E-state index in [0.29, 0.717) is 22.2 Å². The Labute approximate surface area is 202 Å². The number of hydrogen-bond donors (Lipinski definition) is 1. The first-order chi connectivity index (χ1) is 15.9. The van der Waals surface area contributed by atoms with Crippen LogP contribution in [0, 0.1) is 13.8 Å². The van der Waals surface area contributed by atoms with Gasteiger partial charge in [0.05, 0.1) is 16.3 Å². The summed E-state index contributed by atoms with van der Waals surface area (Å²) in [4.78, 5) is 12.5. The van der Waals surface area contributed by atoms with Crippen molar-refractivity contribution in [1.82, 2.24) is 5.43 Å². The number of nitrogens with zero attached hydrogens (tertiary/aromatic N) is 1. The Kier molecular flexibility index (Phi) is 6.97. The lowest BCUT2D eigenvalue weighted by atomic mass is 10.1. The molecule has 0 saturated carbocycles. The van der Waals surface area contributed by atoms with Crippen molar-refractivity contribution in [2.75, 3.05) is 0 Å². The molecule has 0 aromatic heterocycles. The predicted octanol–water partition coefficient (Wildman–Crippen LogP) is 7.11. The summed E-state index contributed by atoms with van der Waals surface area (Å²) in [6.45, 7) is 4.33. The summed E-state index contributed by atoms with van der Waals surface area (Å²) in [5.41, 5.74) is 6.90. The first-order valence-electron chi connectivity index (χ1n) is 10.4. The lowest BCUT2D eigenvalue weighted by molar-refractivity contribution is 0.0955. The first-order valence-corrected chi connectivity index (χ1v) is 11.2. The highest BCUT2D eigenvalue weighted by atomic mass is 35.5. The number of fused-ring (bicyclic) bond motifs is 1. The van der Waals surface area contributed by atoms with Crippen LogP contribution in [0.5, 0.6) is 5.75 Å². The van der Waals surface area contributed by atoms with E-state index in [1.807, 2.05) is 68.4 Å². The van der Waals surface area contributed by atoms with Crippen molar-refractivity contribution >= 4 is 46.1 Å². The van der Waals surface area contributed by atoms with E-state index in [1.165, 1.54) is 0 Å². The van der Waals surface area contributed by atoms with Gasteiger partial charge in [0.1, 0.15) is 12.4 Å². The number of hydrazone groups is 1. The largest absolute Gasteiger partial charge is 0.488 e. The zero-order valence-electron chi connectivity index (χ0n) is 18.2. The molecular weight excluding hydrogens is 455 g/mol. The topological polar surface area (TPSA) is 50.7 Å². The van der Waals surface area contributed by atoms with Crippen molar-refractivity contribution in [3.05, 3.63) is 111 Å². The third-order valence-electron chi connectivity index (χ3n) is 5.24. The highest BCUT2D eigenvalue weighted by molar-refractivity contribution is 6.42. The second-order valence-corrected chi connectivity index (χ2v) is 8.60. The molecule has 0 radical (unpaired) electrons. The number of amides is 1. The van der Waals surface area contributed by atoms with Crippen LogP contribution in [-0.4, -0.2) is 12.1 Å². The average molecular weight is 477 g/mol. The monoisotopic (exact) mass is 476 g/mol. The molecule has 0 atom stereocenters. The van der Waals surface area contributed by atoms with Gasteiger partial charge in [-0.1, -0.05) is 59.6 Å². The fraction of sp³-hybridized carbons (Fsp3) is 0.111. The molecule has 0 spiro atoms. The van der Waals surface area contributed by atoms with Crippen LogP contribution in [0.1, 0.15) is 32.6 Å². The van der Waals surface area contributed by atoms with Gasteiger partial charge in [-0.3, -0.25) is 4.79 Å². The molecule has 6 heteroatoms. The predicted molar refractivity (Wildman–Crippen MR) is 136 cm³/mol. The highest BCUT2D eigenvalue weighted by Crippen LogP contribution is 2.27. The molecule has 4 nitrogen and oxygen atoms in total. The number of aryl methyl sites for hydroxylation is 2. The van der Waals surface area contributed by atoms with Crippen LogP contribution in [0.15, 0.2) is 77.9 Å². The SMILES string of the molecule is Cc1cc(/C=N\NC(=O)c2ccc3ccccc3c2)cc(C)c1OCc1ccc(Cl)c(Cl)c1. The van der Waals surface area contributed by atoms with Crippen molar-refractivity contribution in [2.45, 2.75) is 20.5 Å². The van der Waals surface area contributed by atoms with E-state index in [4.69, 9.17) is 27.9 Å². The third kappa shape index (κ3) is 5.54. The lowest BCUT2D eigenvalue weighted by Gasteiger charge is -2.13. The summed E-state index contributed by atoms with van der Waals surface area (Å²) < 4.78 is 6.02. The smallest absolute Gasteiger partial charge is 0.271 e. The van der Waals surface area contributed by atoms with Gasteiger partial charge in [-0.2, -0.15) is 5.10 Å². The molecule has 4 aromatic carbocycles. The molecule has 0 heterocycles. The van der Waals surface area contributed by atoms with E-state index >= 15 is 0 Å². The van der Waals surface area contributed by atoms with E-state index in [9.17, 15) is 4.79 Å². The molecule has 4 rings (SSSR count). The number of benzene rings is 4. The second-order valence-electron chi connectivity index (χ2n) is 7.78. The summed E-state index contributed by atoms with van der Waals surface area (Å²) >= 11 is 12.1. The van der Waals surface area contributed by atoms with Crippen molar-refractivity contribution in [3.63, 3.8) is 0 Å². The summed E-state index contributed by atoms with van der Waals surface area (Å²) in [7, 11) is 0. The van der Waals surface area contributed by atoms with Crippen molar-refractivity contribution in [2.24, 2.45) is 5.10 Å². The van der Waals surface area contributed by atoms with Gasteiger partial charge in [-0.15, -0.1) is 0 Å². The molecule has 0 aliphatic rings. The number of hydrogen-bond acceptors (Lipinski definition) is 3. The van der Waals surface area contributed by atoms with Gasteiger partial charge in [0.15, 0.2) is 0 Å². The number of ether oxygens (including phenoxy) is 1. The van der Waals surface area contributed by atoms with Crippen LogP contribution in [-0.2, 0) is 6.61 Å². The molecule has 1 N–H and O–H groups in total. The molecule has 0 unspecified atom stereocenters. The Morgan fingerprint density at radius 2 is 1.64 bits per heavy atom. The van der Waals surface area contributed by atoms with Crippen LogP contribution in [0.3, 0.4) is 0 Å². The number of carbonyl (C=O) groups excluding carboxylic acids is 1. The van der Waals surface area contributed by atoms with Gasteiger partial charge in [-0.25, -0.2) is 5.43 Å². The van der Waals surface area contributed by atoms with Gasteiger partial charge in [0.25, 0.3) is 5.91 Å². The maximum Gasteiger partial charge on any atom is 0.271 e.